The molecule has 0 radical (unpaired) electrons. The number of hydrogen-bond donors (Lipinski definition) is 2. The summed E-state index contributed by atoms with van der Waals surface area (Å²) in [6.07, 6.45) is 7.66. The highest BCUT2D eigenvalue weighted by molar-refractivity contribution is 6.15. The molecule has 1 amide bonds. The number of carbonyl (C=O) groups excluding carboxylic acids is 2. The Morgan fingerprint density at radius 2 is 1.70 bits per heavy atom. The van der Waals surface area contributed by atoms with E-state index in [9.17, 15) is 9.59 Å². The molecule has 3 aromatic rings. The van der Waals surface area contributed by atoms with Gasteiger partial charge in [-0.15, -0.1) is 0 Å². The van der Waals surface area contributed by atoms with E-state index in [-0.39, 0.29) is 5.78 Å². The SMILES string of the molecule is Cc1ccccc1-c1c(C(=O)c2ccccc2)c(C)c(CNC=O)c(C)c1C1=CCC=CN1. The molecule has 0 fully saturated rings. The lowest BCUT2D eigenvalue weighted by Crippen LogP contribution is -2.20. The molecule has 0 atom stereocenters. The standard InChI is InChI=1S/C29H28N2O2/c1-19-11-7-8-14-23(19)28-26(25-15-9-10-16-31-25)20(2)24(17-30-18-32)21(3)27(28)29(33)22-12-5-4-6-13-22/h4-8,10-16,18,31H,9,17H2,1-3H3,(H,30,32). The van der Waals surface area contributed by atoms with E-state index in [2.05, 4.69) is 48.8 Å². The fraction of sp³-hybridized carbons (Fsp3) is 0.172. The quantitative estimate of drug-likeness (QED) is 0.374. The first kappa shape index (κ1) is 22.3. The van der Waals surface area contributed by atoms with Crippen LogP contribution in [0.25, 0.3) is 16.8 Å². The highest BCUT2D eigenvalue weighted by atomic mass is 16.1. The number of rotatable bonds is 7. The number of ketones is 1. The summed E-state index contributed by atoms with van der Waals surface area (Å²) in [4.78, 5) is 25.2. The Balaban J connectivity index is 2.12. The van der Waals surface area contributed by atoms with E-state index in [1.807, 2.05) is 55.6 Å². The topological polar surface area (TPSA) is 58.2 Å². The molecule has 0 spiro atoms. The van der Waals surface area contributed by atoms with Crippen LogP contribution in [0.15, 0.2) is 72.9 Å². The Morgan fingerprint density at radius 3 is 2.36 bits per heavy atom. The van der Waals surface area contributed by atoms with Crippen LogP contribution in [-0.2, 0) is 11.3 Å². The second-order valence-corrected chi connectivity index (χ2v) is 8.26. The number of nitrogens with one attached hydrogen (secondary N) is 2. The van der Waals surface area contributed by atoms with E-state index in [0.717, 1.165) is 51.1 Å². The van der Waals surface area contributed by atoms with Gasteiger partial charge in [0.1, 0.15) is 0 Å². The van der Waals surface area contributed by atoms with Crippen molar-refractivity contribution in [3.8, 4) is 11.1 Å². The van der Waals surface area contributed by atoms with Gasteiger partial charge in [0.2, 0.25) is 6.41 Å². The van der Waals surface area contributed by atoms with Gasteiger partial charge in [-0.05, 0) is 61.2 Å². The second kappa shape index (κ2) is 9.70. The Labute approximate surface area is 195 Å². The zero-order valence-corrected chi connectivity index (χ0v) is 19.2. The third-order valence-electron chi connectivity index (χ3n) is 6.28. The zero-order chi connectivity index (χ0) is 23.4. The van der Waals surface area contributed by atoms with Gasteiger partial charge in [0.15, 0.2) is 5.78 Å². The largest absolute Gasteiger partial charge is 0.362 e. The van der Waals surface area contributed by atoms with Gasteiger partial charge in [-0.3, -0.25) is 9.59 Å². The first-order valence-corrected chi connectivity index (χ1v) is 11.2. The number of allylic oxidation sites excluding steroid dienone is 2. The summed E-state index contributed by atoms with van der Waals surface area (Å²) in [6, 6.07) is 17.6. The Bertz CT molecular complexity index is 1270. The average molecular weight is 437 g/mol. The van der Waals surface area contributed by atoms with Gasteiger partial charge < -0.3 is 10.6 Å². The molecule has 4 rings (SSSR count). The molecule has 0 bridgehead atoms. The molecule has 0 aliphatic carbocycles. The summed E-state index contributed by atoms with van der Waals surface area (Å²) in [5.74, 6) is -0.0214. The van der Waals surface area contributed by atoms with Crippen molar-refractivity contribution in [1.82, 2.24) is 10.6 Å². The number of dihydropyridines is 1. The van der Waals surface area contributed by atoms with Gasteiger partial charge in [0.25, 0.3) is 0 Å². The zero-order valence-electron chi connectivity index (χ0n) is 19.2. The lowest BCUT2D eigenvalue weighted by molar-refractivity contribution is -0.109. The molecule has 1 aliphatic heterocycles. The normalized spacial score (nSPS) is 12.6. The van der Waals surface area contributed by atoms with Gasteiger partial charge in [0, 0.05) is 34.5 Å². The van der Waals surface area contributed by atoms with Gasteiger partial charge >= 0.3 is 0 Å². The van der Waals surface area contributed by atoms with Gasteiger partial charge in [0.05, 0.1) is 0 Å². The molecule has 33 heavy (non-hydrogen) atoms. The van der Waals surface area contributed by atoms with Crippen LogP contribution < -0.4 is 10.6 Å². The first-order valence-electron chi connectivity index (χ1n) is 11.2. The average Bonchev–Trinajstić information content (AvgIpc) is 2.85. The van der Waals surface area contributed by atoms with Crippen LogP contribution in [0, 0.1) is 20.8 Å². The van der Waals surface area contributed by atoms with Crippen LogP contribution in [0.5, 0.6) is 0 Å². The molecule has 4 heteroatoms. The van der Waals surface area contributed by atoms with Gasteiger partial charge in [-0.25, -0.2) is 0 Å². The van der Waals surface area contributed by atoms with Crippen molar-refractivity contribution in [2.24, 2.45) is 0 Å². The maximum absolute atomic E-state index is 14.0. The summed E-state index contributed by atoms with van der Waals surface area (Å²) in [7, 11) is 0. The molecule has 1 aliphatic rings. The molecule has 2 N–H and O–H groups in total. The van der Waals surface area contributed by atoms with Crippen LogP contribution in [0.3, 0.4) is 0 Å². The van der Waals surface area contributed by atoms with Crippen molar-refractivity contribution in [3.05, 3.63) is 112 Å². The lowest BCUT2D eigenvalue weighted by atomic mass is 9.79. The van der Waals surface area contributed by atoms with E-state index in [4.69, 9.17) is 0 Å². The van der Waals surface area contributed by atoms with Crippen molar-refractivity contribution in [1.29, 1.82) is 0 Å². The summed E-state index contributed by atoms with van der Waals surface area (Å²) in [6.45, 7) is 6.49. The number of hydrogen-bond acceptors (Lipinski definition) is 3. The number of amides is 1. The molecular weight excluding hydrogens is 408 g/mol. The smallest absolute Gasteiger partial charge is 0.207 e. The molecule has 0 saturated carbocycles. The first-order chi connectivity index (χ1) is 16.0. The summed E-state index contributed by atoms with van der Waals surface area (Å²) < 4.78 is 0. The minimum Gasteiger partial charge on any atom is -0.362 e. The molecular formula is C29H28N2O2. The van der Waals surface area contributed by atoms with E-state index in [0.29, 0.717) is 24.1 Å². The van der Waals surface area contributed by atoms with E-state index >= 15 is 0 Å². The maximum atomic E-state index is 14.0. The molecule has 0 unspecified atom stereocenters. The van der Waals surface area contributed by atoms with Crippen LogP contribution in [0.2, 0.25) is 0 Å². The Hall–Kier alpha value is -3.92. The number of aryl methyl sites for hydroxylation is 1. The third-order valence-corrected chi connectivity index (χ3v) is 6.28. The fourth-order valence-electron chi connectivity index (χ4n) is 4.60. The van der Waals surface area contributed by atoms with Crippen molar-refractivity contribution in [3.63, 3.8) is 0 Å². The van der Waals surface area contributed by atoms with E-state index in [1.54, 1.807) is 0 Å². The van der Waals surface area contributed by atoms with Crippen molar-refractivity contribution < 1.29 is 9.59 Å². The molecule has 166 valence electrons. The van der Waals surface area contributed by atoms with E-state index < -0.39 is 0 Å². The minimum atomic E-state index is -0.0214. The predicted molar refractivity (Wildman–Crippen MR) is 134 cm³/mol. The van der Waals surface area contributed by atoms with E-state index in [1.165, 1.54) is 0 Å². The Morgan fingerprint density at radius 1 is 0.970 bits per heavy atom. The van der Waals surface area contributed by atoms with Crippen LogP contribution in [-0.4, -0.2) is 12.2 Å². The second-order valence-electron chi connectivity index (χ2n) is 8.26. The predicted octanol–water partition coefficient (Wildman–Crippen LogP) is 5.60. The summed E-state index contributed by atoms with van der Waals surface area (Å²) in [5, 5.41) is 6.20. The summed E-state index contributed by atoms with van der Waals surface area (Å²) >= 11 is 0. The maximum Gasteiger partial charge on any atom is 0.207 e. The number of carbonyl (C=O) groups is 2. The highest BCUT2D eigenvalue weighted by Gasteiger charge is 2.27. The molecule has 1 heterocycles. The summed E-state index contributed by atoms with van der Waals surface area (Å²) in [5.41, 5.74) is 9.27. The Kier molecular flexibility index (Phi) is 6.55. The molecule has 4 nitrogen and oxygen atoms in total. The van der Waals surface area contributed by atoms with Crippen molar-refractivity contribution in [2.75, 3.05) is 0 Å². The van der Waals surface area contributed by atoms with Crippen LogP contribution in [0.4, 0.5) is 0 Å². The van der Waals surface area contributed by atoms with Gasteiger partial charge in [-0.2, -0.15) is 0 Å². The van der Waals surface area contributed by atoms with Crippen LogP contribution >= 0.6 is 0 Å². The van der Waals surface area contributed by atoms with Gasteiger partial charge in [-0.1, -0.05) is 66.7 Å². The number of benzene rings is 3. The molecule has 0 aromatic heterocycles. The molecule has 3 aromatic carbocycles. The monoisotopic (exact) mass is 436 g/mol. The highest BCUT2D eigenvalue weighted by Crippen LogP contribution is 2.41. The fourth-order valence-corrected chi connectivity index (χ4v) is 4.60. The van der Waals surface area contributed by atoms with Crippen molar-refractivity contribution in [2.45, 2.75) is 33.7 Å². The minimum absolute atomic E-state index is 0.0214. The lowest BCUT2D eigenvalue weighted by Gasteiger charge is -2.26. The molecule has 0 saturated heterocycles. The van der Waals surface area contributed by atoms with Crippen LogP contribution in [0.1, 0.15) is 50.2 Å². The van der Waals surface area contributed by atoms with Crippen molar-refractivity contribution >= 4 is 17.9 Å². The third kappa shape index (κ3) is 4.24.